The minimum absolute atomic E-state index is 0.00830. The maximum Gasteiger partial charge on any atom is 0.236 e. The molecule has 0 aliphatic carbocycles. The number of carbonyl (C=O) groups excluding carboxylic acids is 1. The van der Waals surface area contributed by atoms with Gasteiger partial charge in [0.05, 0.1) is 6.54 Å². The van der Waals surface area contributed by atoms with E-state index in [0.29, 0.717) is 12.1 Å². The lowest BCUT2D eigenvalue weighted by Crippen LogP contribution is -2.37. The quantitative estimate of drug-likeness (QED) is 0.783. The standard InChI is InChI=1S/C19H23FN2O/c1-3-22(13-16-9-5-4-6-10-16)15-19(23)21(2)14-17-11-7-8-12-18(17)20/h4-12H,3,13-15H2,1-2H3. The van der Waals surface area contributed by atoms with Crippen LogP contribution in [0.2, 0.25) is 0 Å². The van der Waals surface area contributed by atoms with E-state index in [1.165, 1.54) is 11.6 Å². The van der Waals surface area contributed by atoms with Gasteiger partial charge in [0.1, 0.15) is 5.82 Å². The molecule has 0 radical (unpaired) electrons. The SMILES string of the molecule is CCN(CC(=O)N(C)Cc1ccccc1F)Cc1ccccc1. The molecular formula is C19H23FN2O. The highest BCUT2D eigenvalue weighted by Gasteiger charge is 2.15. The Morgan fingerprint density at radius 2 is 1.65 bits per heavy atom. The largest absolute Gasteiger partial charge is 0.340 e. The predicted octanol–water partition coefficient (Wildman–Crippen LogP) is 3.31. The van der Waals surface area contributed by atoms with Gasteiger partial charge in [0.15, 0.2) is 0 Å². The van der Waals surface area contributed by atoms with Gasteiger partial charge >= 0.3 is 0 Å². The summed E-state index contributed by atoms with van der Waals surface area (Å²) in [6, 6.07) is 16.6. The predicted molar refractivity (Wildman–Crippen MR) is 90.3 cm³/mol. The molecule has 0 unspecified atom stereocenters. The minimum atomic E-state index is -0.274. The average Bonchev–Trinajstić information content (AvgIpc) is 2.57. The summed E-state index contributed by atoms with van der Waals surface area (Å²) in [5, 5.41) is 0. The van der Waals surface area contributed by atoms with Crippen LogP contribution in [0.5, 0.6) is 0 Å². The first-order valence-electron chi connectivity index (χ1n) is 7.83. The van der Waals surface area contributed by atoms with Crippen molar-refractivity contribution in [2.45, 2.75) is 20.0 Å². The maximum absolute atomic E-state index is 13.7. The van der Waals surface area contributed by atoms with Crippen molar-refractivity contribution in [2.75, 3.05) is 20.1 Å². The topological polar surface area (TPSA) is 23.6 Å². The second kappa shape index (κ2) is 8.44. The fraction of sp³-hybridized carbons (Fsp3) is 0.316. The van der Waals surface area contributed by atoms with Crippen molar-refractivity contribution < 1.29 is 9.18 Å². The van der Waals surface area contributed by atoms with Crippen LogP contribution in [0.25, 0.3) is 0 Å². The Labute approximate surface area is 137 Å². The van der Waals surface area contributed by atoms with E-state index in [0.717, 1.165) is 13.1 Å². The van der Waals surface area contributed by atoms with Crippen molar-refractivity contribution in [3.63, 3.8) is 0 Å². The fourth-order valence-corrected chi connectivity index (χ4v) is 2.40. The Hall–Kier alpha value is -2.20. The monoisotopic (exact) mass is 314 g/mol. The summed E-state index contributed by atoms with van der Waals surface area (Å²) < 4.78 is 13.7. The Morgan fingerprint density at radius 1 is 1.00 bits per heavy atom. The molecule has 0 aliphatic heterocycles. The van der Waals surface area contributed by atoms with Crippen LogP contribution in [0.3, 0.4) is 0 Å². The number of hydrogen-bond donors (Lipinski definition) is 0. The molecule has 0 aliphatic rings. The van der Waals surface area contributed by atoms with Gasteiger partial charge in [0, 0.05) is 25.7 Å². The molecule has 122 valence electrons. The zero-order valence-corrected chi connectivity index (χ0v) is 13.7. The molecule has 1 amide bonds. The van der Waals surface area contributed by atoms with E-state index >= 15 is 0 Å². The first-order chi connectivity index (χ1) is 11.1. The number of likely N-dealkylation sites (N-methyl/N-ethyl adjacent to an activating group) is 2. The summed E-state index contributed by atoms with van der Waals surface area (Å²) in [4.78, 5) is 16.0. The third kappa shape index (κ3) is 5.18. The lowest BCUT2D eigenvalue weighted by atomic mass is 10.2. The van der Waals surface area contributed by atoms with Crippen LogP contribution >= 0.6 is 0 Å². The highest BCUT2D eigenvalue weighted by atomic mass is 19.1. The van der Waals surface area contributed by atoms with E-state index in [-0.39, 0.29) is 18.3 Å². The first kappa shape index (κ1) is 17.2. The van der Waals surface area contributed by atoms with Gasteiger partial charge < -0.3 is 4.90 Å². The van der Waals surface area contributed by atoms with Gasteiger partial charge in [-0.3, -0.25) is 9.69 Å². The molecule has 2 rings (SSSR count). The summed E-state index contributed by atoms with van der Waals surface area (Å²) in [6.45, 7) is 4.17. The van der Waals surface area contributed by atoms with Gasteiger partial charge in [-0.2, -0.15) is 0 Å². The Kier molecular flexibility index (Phi) is 6.29. The highest BCUT2D eigenvalue weighted by Crippen LogP contribution is 2.10. The molecular weight excluding hydrogens is 291 g/mol. The molecule has 0 saturated heterocycles. The Morgan fingerprint density at radius 3 is 2.30 bits per heavy atom. The fourth-order valence-electron chi connectivity index (χ4n) is 2.40. The lowest BCUT2D eigenvalue weighted by Gasteiger charge is -2.24. The minimum Gasteiger partial charge on any atom is -0.340 e. The van der Waals surface area contributed by atoms with Crippen molar-refractivity contribution in [1.82, 2.24) is 9.80 Å². The van der Waals surface area contributed by atoms with E-state index in [2.05, 4.69) is 17.0 Å². The summed E-state index contributed by atoms with van der Waals surface area (Å²) in [7, 11) is 1.71. The van der Waals surface area contributed by atoms with Crippen LogP contribution in [0.4, 0.5) is 4.39 Å². The zero-order valence-electron chi connectivity index (χ0n) is 13.7. The number of benzene rings is 2. The smallest absolute Gasteiger partial charge is 0.236 e. The number of halogens is 1. The van der Waals surface area contributed by atoms with Gasteiger partial charge in [-0.05, 0) is 18.2 Å². The van der Waals surface area contributed by atoms with Gasteiger partial charge in [0.25, 0.3) is 0 Å². The molecule has 0 bridgehead atoms. The lowest BCUT2D eigenvalue weighted by molar-refractivity contribution is -0.131. The van der Waals surface area contributed by atoms with Gasteiger partial charge in [-0.25, -0.2) is 4.39 Å². The molecule has 4 heteroatoms. The normalized spacial score (nSPS) is 10.8. The molecule has 0 saturated carbocycles. The van der Waals surface area contributed by atoms with Crippen LogP contribution < -0.4 is 0 Å². The van der Waals surface area contributed by atoms with Gasteiger partial charge in [-0.1, -0.05) is 55.5 Å². The van der Waals surface area contributed by atoms with E-state index in [9.17, 15) is 9.18 Å². The second-order valence-corrected chi connectivity index (χ2v) is 5.63. The molecule has 0 spiro atoms. The third-order valence-corrected chi connectivity index (χ3v) is 3.85. The van der Waals surface area contributed by atoms with Gasteiger partial charge in [0.2, 0.25) is 5.91 Å². The number of amides is 1. The van der Waals surface area contributed by atoms with Crippen molar-refractivity contribution in [3.8, 4) is 0 Å². The molecule has 0 atom stereocenters. The highest BCUT2D eigenvalue weighted by molar-refractivity contribution is 5.78. The van der Waals surface area contributed by atoms with Crippen LogP contribution in [0.1, 0.15) is 18.1 Å². The summed E-state index contributed by atoms with van der Waals surface area (Å²) in [6.07, 6.45) is 0. The van der Waals surface area contributed by atoms with Crippen LogP contribution in [-0.4, -0.2) is 35.8 Å². The first-order valence-corrected chi connectivity index (χ1v) is 7.83. The van der Waals surface area contributed by atoms with Crippen LogP contribution in [0, 0.1) is 5.82 Å². The van der Waals surface area contributed by atoms with Crippen LogP contribution in [0.15, 0.2) is 54.6 Å². The molecule has 0 fully saturated rings. The maximum atomic E-state index is 13.7. The summed E-state index contributed by atoms with van der Waals surface area (Å²) in [5.74, 6) is -0.283. The third-order valence-electron chi connectivity index (χ3n) is 3.85. The summed E-state index contributed by atoms with van der Waals surface area (Å²) in [5.41, 5.74) is 1.72. The second-order valence-electron chi connectivity index (χ2n) is 5.63. The zero-order chi connectivity index (χ0) is 16.7. The number of nitrogens with zero attached hydrogens (tertiary/aromatic N) is 2. The molecule has 3 nitrogen and oxygen atoms in total. The van der Waals surface area contributed by atoms with Crippen molar-refractivity contribution >= 4 is 5.91 Å². The number of carbonyl (C=O) groups is 1. The van der Waals surface area contributed by atoms with Gasteiger partial charge in [-0.15, -0.1) is 0 Å². The van der Waals surface area contributed by atoms with Crippen LogP contribution in [-0.2, 0) is 17.9 Å². The van der Waals surface area contributed by atoms with Crippen molar-refractivity contribution in [2.24, 2.45) is 0 Å². The molecule has 0 N–H and O–H groups in total. The van der Waals surface area contributed by atoms with Crippen molar-refractivity contribution in [1.29, 1.82) is 0 Å². The Balaban J connectivity index is 1.92. The van der Waals surface area contributed by atoms with E-state index in [4.69, 9.17) is 0 Å². The average molecular weight is 314 g/mol. The number of hydrogen-bond acceptors (Lipinski definition) is 2. The molecule has 23 heavy (non-hydrogen) atoms. The number of rotatable bonds is 7. The van der Waals surface area contributed by atoms with E-state index in [1.54, 1.807) is 30.1 Å². The van der Waals surface area contributed by atoms with Crippen molar-refractivity contribution in [3.05, 3.63) is 71.5 Å². The van der Waals surface area contributed by atoms with E-state index in [1.807, 2.05) is 25.1 Å². The molecule has 2 aromatic rings. The molecule has 0 heterocycles. The summed E-state index contributed by atoms with van der Waals surface area (Å²) >= 11 is 0. The Bertz CT molecular complexity index is 630. The molecule has 2 aromatic carbocycles. The van der Waals surface area contributed by atoms with E-state index < -0.39 is 0 Å². The molecule has 0 aromatic heterocycles.